The zero-order chi connectivity index (χ0) is 22.5. The van der Waals surface area contributed by atoms with Gasteiger partial charge in [-0.25, -0.2) is 9.29 Å². The highest BCUT2D eigenvalue weighted by atomic mass is 19.1. The van der Waals surface area contributed by atoms with Crippen LogP contribution in [0.25, 0.3) is 10.8 Å². The van der Waals surface area contributed by atoms with E-state index in [2.05, 4.69) is 5.32 Å². The van der Waals surface area contributed by atoms with E-state index in [0.717, 1.165) is 23.6 Å². The molecule has 0 radical (unpaired) electrons. The topological polar surface area (TPSA) is 69.7 Å². The third kappa shape index (κ3) is 2.13. The Balaban J connectivity index is 1.46. The summed E-state index contributed by atoms with van der Waals surface area (Å²) >= 11 is 0. The fourth-order valence-corrected chi connectivity index (χ4v) is 6.82. The Morgan fingerprint density at radius 1 is 0.970 bits per heavy atom. The Hall–Kier alpha value is -3.58. The van der Waals surface area contributed by atoms with Crippen molar-refractivity contribution in [3.8, 4) is 0 Å². The van der Waals surface area contributed by atoms with E-state index in [-0.39, 0.29) is 23.8 Å². The number of fused-ring (bicyclic) bond motifs is 8. The largest absolute Gasteiger partial charge is 0.324 e. The summed E-state index contributed by atoms with van der Waals surface area (Å²) in [4.78, 5) is 44.8. The normalized spacial score (nSPS) is 30.3. The lowest BCUT2D eigenvalue weighted by molar-refractivity contribution is -0.135. The number of nitrogens with one attached hydrogen (secondary N) is 1. The molecule has 1 spiro atoms. The number of carbonyl (C=O) groups excluding carboxylic acids is 3. The van der Waals surface area contributed by atoms with Gasteiger partial charge in [-0.05, 0) is 49.0 Å². The monoisotopic (exact) mass is 441 g/mol. The molecule has 4 heterocycles. The van der Waals surface area contributed by atoms with Crippen molar-refractivity contribution < 1.29 is 18.8 Å². The summed E-state index contributed by atoms with van der Waals surface area (Å²) in [6.07, 6.45) is 1.55. The van der Waals surface area contributed by atoms with Gasteiger partial charge in [0.2, 0.25) is 17.7 Å². The van der Waals surface area contributed by atoms with Crippen LogP contribution in [0, 0.1) is 17.7 Å². The average molecular weight is 441 g/mol. The molecule has 0 aliphatic carbocycles. The number of amides is 3. The molecule has 3 aromatic carbocycles. The first-order valence-corrected chi connectivity index (χ1v) is 11.3. The smallest absolute Gasteiger partial charge is 0.250 e. The van der Waals surface area contributed by atoms with Gasteiger partial charge in [0.1, 0.15) is 11.4 Å². The van der Waals surface area contributed by atoms with Crippen molar-refractivity contribution in [3.05, 3.63) is 72.0 Å². The van der Waals surface area contributed by atoms with Crippen LogP contribution in [0.4, 0.5) is 15.8 Å². The molecule has 0 aromatic heterocycles. The van der Waals surface area contributed by atoms with Crippen LogP contribution in [0.1, 0.15) is 18.4 Å². The highest BCUT2D eigenvalue weighted by Gasteiger charge is 2.74. The summed E-state index contributed by atoms with van der Waals surface area (Å²) in [5.41, 5.74) is 0.148. The Kier molecular flexibility index (Phi) is 3.59. The summed E-state index contributed by atoms with van der Waals surface area (Å²) in [6.45, 7) is 0.593. The molecule has 3 saturated heterocycles. The Morgan fingerprint density at radius 3 is 2.67 bits per heavy atom. The van der Waals surface area contributed by atoms with Crippen LogP contribution in [0.15, 0.2) is 60.7 Å². The zero-order valence-corrected chi connectivity index (χ0v) is 17.6. The molecule has 7 heteroatoms. The zero-order valence-electron chi connectivity index (χ0n) is 17.6. The predicted molar refractivity (Wildman–Crippen MR) is 120 cm³/mol. The maximum absolute atomic E-state index is 14.4. The van der Waals surface area contributed by atoms with Crippen molar-refractivity contribution in [2.45, 2.75) is 24.4 Å². The molecule has 4 aliphatic rings. The molecule has 0 saturated carbocycles. The molecule has 4 atom stereocenters. The van der Waals surface area contributed by atoms with Crippen LogP contribution in [0.3, 0.4) is 0 Å². The van der Waals surface area contributed by atoms with E-state index in [1.807, 2.05) is 41.3 Å². The first-order valence-electron chi connectivity index (χ1n) is 11.3. The molecular weight excluding hydrogens is 421 g/mol. The number of hydrogen-bond acceptors (Lipinski definition) is 4. The molecule has 164 valence electrons. The van der Waals surface area contributed by atoms with Crippen molar-refractivity contribution in [2.24, 2.45) is 11.8 Å². The van der Waals surface area contributed by atoms with E-state index < -0.39 is 23.2 Å². The van der Waals surface area contributed by atoms with E-state index in [4.69, 9.17) is 0 Å². The second kappa shape index (κ2) is 6.26. The van der Waals surface area contributed by atoms with Gasteiger partial charge in [-0.2, -0.15) is 0 Å². The van der Waals surface area contributed by atoms with Gasteiger partial charge in [-0.3, -0.25) is 19.3 Å². The van der Waals surface area contributed by atoms with Crippen molar-refractivity contribution in [2.75, 3.05) is 16.8 Å². The maximum Gasteiger partial charge on any atom is 0.250 e. The lowest BCUT2D eigenvalue weighted by Crippen LogP contribution is -2.54. The number of rotatable bonds is 1. The second-order valence-corrected chi connectivity index (χ2v) is 9.33. The van der Waals surface area contributed by atoms with E-state index in [9.17, 15) is 18.8 Å². The van der Waals surface area contributed by atoms with E-state index >= 15 is 0 Å². The number of nitrogens with zero attached hydrogens (tertiary/aromatic N) is 2. The molecular formula is C26H20FN3O3. The van der Waals surface area contributed by atoms with Gasteiger partial charge in [0, 0.05) is 22.7 Å². The SMILES string of the molecule is O=C1[C@H]2[C@@H](C(=O)N1c1cccc3ccccc13)[C@]1(C(=O)Nc3ccc(F)cc31)N1CCC[C@@H]21. The van der Waals surface area contributed by atoms with Gasteiger partial charge < -0.3 is 5.32 Å². The Morgan fingerprint density at radius 2 is 1.79 bits per heavy atom. The number of hydrogen-bond donors (Lipinski definition) is 1. The van der Waals surface area contributed by atoms with Crippen LogP contribution >= 0.6 is 0 Å². The van der Waals surface area contributed by atoms with Gasteiger partial charge in [-0.15, -0.1) is 0 Å². The molecule has 3 fully saturated rings. The number of halogens is 1. The van der Waals surface area contributed by atoms with E-state index in [1.54, 1.807) is 12.1 Å². The molecule has 4 aliphatic heterocycles. The highest BCUT2D eigenvalue weighted by molar-refractivity contribution is 6.28. The van der Waals surface area contributed by atoms with Crippen LogP contribution in [0.2, 0.25) is 0 Å². The summed E-state index contributed by atoms with van der Waals surface area (Å²) in [5, 5.41) is 4.61. The summed E-state index contributed by atoms with van der Waals surface area (Å²) in [6, 6.07) is 17.1. The maximum atomic E-state index is 14.4. The average Bonchev–Trinajstić information content (AvgIpc) is 3.52. The number of anilines is 2. The summed E-state index contributed by atoms with van der Waals surface area (Å²) < 4.78 is 14.4. The molecule has 6 nitrogen and oxygen atoms in total. The van der Waals surface area contributed by atoms with Gasteiger partial charge >= 0.3 is 0 Å². The molecule has 3 amide bonds. The summed E-state index contributed by atoms with van der Waals surface area (Å²) in [7, 11) is 0. The molecule has 7 rings (SSSR count). The van der Waals surface area contributed by atoms with Crippen LogP contribution in [-0.2, 0) is 19.9 Å². The third-order valence-corrected chi connectivity index (χ3v) is 7.96. The molecule has 0 bridgehead atoms. The number of benzene rings is 3. The minimum atomic E-state index is -1.37. The lowest BCUT2D eigenvalue weighted by atomic mass is 9.75. The first kappa shape index (κ1) is 18.9. The van der Waals surface area contributed by atoms with Gasteiger partial charge in [0.05, 0.1) is 17.5 Å². The standard InChI is InChI=1S/C26H20FN3O3/c27-15-10-11-18-17(13-15)26(25(33)28-18)22-21(20-9-4-12-29(20)26)23(31)30(24(22)32)19-8-3-6-14-5-1-2-7-16(14)19/h1-3,5-8,10-11,13,20-22H,4,9,12H2,(H,28,33)/t20-,21+,22-,26+/m0/s1. The van der Waals surface area contributed by atoms with Crippen LogP contribution in [-0.4, -0.2) is 35.2 Å². The highest BCUT2D eigenvalue weighted by Crippen LogP contribution is 2.60. The molecule has 1 N–H and O–H groups in total. The lowest BCUT2D eigenvalue weighted by Gasteiger charge is -2.36. The van der Waals surface area contributed by atoms with Gasteiger partial charge in [0.25, 0.3) is 0 Å². The van der Waals surface area contributed by atoms with Crippen molar-refractivity contribution in [1.29, 1.82) is 0 Å². The molecule has 33 heavy (non-hydrogen) atoms. The predicted octanol–water partition coefficient (Wildman–Crippen LogP) is 3.41. The molecule has 0 unspecified atom stereocenters. The molecule has 3 aromatic rings. The first-order chi connectivity index (χ1) is 16.0. The van der Waals surface area contributed by atoms with Crippen LogP contribution < -0.4 is 10.2 Å². The van der Waals surface area contributed by atoms with Crippen LogP contribution in [0.5, 0.6) is 0 Å². The Bertz CT molecular complexity index is 1400. The van der Waals surface area contributed by atoms with E-state index in [0.29, 0.717) is 23.5 Å². The van der Waals surface area contributed by atoms with Crippen molar-refractivity contribution in [3.63, 3.8) is 0 Å². The number of imide groups is 1. The quantitative estimate of drug-likeness (QED) is 0.588. The van der Waals surface area contributed by atoms with E-state index in [1.165, 1.54) is 17.0 Å². The van der Waals surface area contributed by atoms with Crippen molar-refractivity contribution in [1.82, 2.24) is 4.90 Å². The van der Waals surface area contributed by atoms with Gasteiger partial charge in [0.15, 0.2) is 0 Å². The third-order valence-electron chi connectivity index (χ3n) is 7.96. The minimum absolute atomic E-state index is 0.230. The van der Waals surface area contributed by atoms with Gasteiger partial charge in [-0.1, -0.05) is 36.4 Å². The fraction of sp³-hybridized carbons (Fsp3) is 0.269. The second-order valence-electron chi connectivity index (χ2n) is 9.33. The van der Waals surface area contributed by atoms with Crippen molar-refractivity contribution >= 4 is 39.9 Å². The summed E-state index contributed by atoms with van der Waals surface area (Å²) in [5.74, 6) is -3.00. The Labute approximate surface area is 189 Å². The number of carbonyl (C=O) groups is 3. The fourth-order valence-electron chi connectivity index (χ4n) is 6.82. The minimum Gasteiger partial charge on any atom is -0.324 e.